The molecular formula is C13H16ClN3O. The Morgan fingerprint density at radius 3 is 3.06 bits per heavy atom. The van der Waals surface area contributed by atoms with Crippen molar-refractivity contribution in [1.82, 2.24) is 15.6 Å². The number of benzene rings is 1. The summed E-state index contributed by atoms with van der Waals surface area (Å²) in [5, 5.41) is 7.23. The van der Waals surface area contributed by atoms with Crippen LogP contribution in [-0.4, -0.2) is 31.0 Å². The van der Waals surface area contributed by atoms with E-state index in [1.54, 1.807) is 0 Å². The number of likely N-dealkylation sites (N-methyl/N-ethyl adjacent to an activating group) is 1. The Balaban J connectivity index is 0.00000120. The molecule has 1 unspecified atom stereocenters. The number of hydrogen-bond donors (Lipinski definition) is 3. The molecule has 1 aliphatic heterocycles. The zero-order valence-electron chi connectivity index (χ0n) is 10.1. The van der Waals surface area contributed by atoms with E-state index < -0.39 is 0 Å². The van der Waals surface area contributed by atoms with E-state index in [4.69, 9.17) is 0 Å². The zero-order chi connectivity index (χ0) is 11.8. The summed E-state index contributed by atoms with van der Waals surface area (Å²) < 4.78 is 0. The van der Waals surface area contributed by atoms with Crippen molar-refractivity contribution in [1.29, 1.82) is 0 Å². The van der Waals surface area contributed by atoms with Crippen LogP contribution in [0.2, 0.25) is 0 Å². The highest BCUT2D eigenvalue weighted by Crippen LogP contribution is 2.30. The summed E-state index contributed by atoms with van der Waals surface area (Å²) in [7, 11) is 1.93. The normalized spacial score (nSPS) is 18.1. The smallest absolute Gasteiger partial charge is 0.251 e. The Kier molecular flexibility index (Phi) is 3.59. The fourth-order valence-corrected chi connectivity index (χ4v) is 2.57. The molecule has 3 rings (SSSR count). The second kappa shape index (κ2) is 5.00. The van der Waals surface area contributed by atoms with Crippen LogP contribution in [0.25, 0.3) is 10.9 Å². The summed E-state index contributed by atoms with van der Waals surface area (Å²) in [6, 6.07) is 5.81. The van der Waals surface area contributed by atoms with Gasteiger partial charge >= 0.3 is 0 Å². The second-order valence-corrected chi connectivity index (χ2v) is 4.44. The lowest BCUT2D eigenvalue weighted by Gasteiger charge is -2.13. The van der Waals surface area contributed by atoms with Gasteiger partial charge in [0.05, 0.1) is 0 Å². The van der Waals surface area contributed by atoms with Crippen molar-refractivity contribution >= 4 is 29.2 Å². The molecular weight excluding hydrogens is 250 g/mol. The van der Waals surface area contributed by atoms with Crippen molar-refractivity contribution in [3.8, 4) is 0 Å². The van der Waals surface area contributed by atoms with E-state index in [1.807, 2.05) is 31.4 Å². The van der Waals surface area contributed by atoms with Gasteiger partial charge in [-0.2, -0.15) is 0 Å². The van der Waals surface area contributed by atoms with E-state index in [0.29, 0.717) is 12.5 Å². The first kappa shape index (κ1) is 12.9. The first-order valence-corrected chi connectivity index (χ1v) is 5.84. The van der Waals surface area contributed by atoms with Crippen LogP contribution in [0.5, 0.6) is 0 Å². The highest BCUT2D eigenvalue weighted by atomic mass is 35.5. The number of hydrogen-bond acceptors (Lipinski definition) is 2. The highest BCUT2D eigenvalue weighted by Gasteiger charge is 2.24. The summed E-state index contributed by atoms with van der Waals surface area (Å²) in [5.41, 5.74) is 3.04. The zero-order valence-corrected chi connectivity index (χ0v) is 10.9. The molecule has 5 heteroatoms. The molecule has 1 aromatic heterocycles. The Labute approximate surface area is 112 Å². The largest absolute Gasteiger partial charge is 0.361 e. The predicted molar refractivity (Wildman–Crippen MR) is 74.5 cm³/mol. The molecule has 4 nitrogen and oxygen atoms in total. The van der Waals surface area contributed by atoms with E-state index >= 15 is 0 Å². The molecule has 2 heterocycles. The molecule has 2 aromatic rings. The number of carbonyl (C=O) groups excluding carboxylic acids is 1. The summed E-state index contributed by atoms with van der Waals surface area (Å²) >= 11 is 0. The number of nitrogens with one attached hydrogen (secondary N) is 3. The lowest BCUT2D eigenvalue weighted by atomic mass is 9.97. The predicted octanol–water partition coefficient (Wildman–Crippen LogP) is 1.64. The molecule has 1 aromatic carbocycles. The quantitative estimate of drug-likeness (QED) is 0.773. The van der Waals surface area contributed by atoms with E-state index in [9.17, 15) is 4.79 Å². The molecule has 0 bridgehead atoms. The summed E-state index contributed by atoms with van der Waals surface area (Å²) in [6.45, 7) is 1.54. The van der Waals surface area contributed by atoms with Gasteiger partial charge in [-0.1, -0.05) is 6.07 Å². The minimum atomic E-state index is 0. The molecule has 1 atom stereocenters. The van der Waals surface area contributed by atoms with Gasteiger partial charge in [-0.15, -0.1) is 12.4 Å². The Morgan fingerprint density at radius 1 is 1.44 bits per heavy atom. The van der Waals surface area contributed by atoms with E-state index in [1.165, 1.54) is 5.56 Å². The van der Waals surface area contributed by atoms with Gasteiger partial charge in [-0.3, -0.25) is 4.79 Å². The lowest BCUT2D eigenvalue weighted by molar-refractivity contribution is 0.0954. The maximum Gasteiger partial charge on any atom is 0.251 e. The molecule has 1 aliphatic rings. The Morgan fingerprint density at radius 2 is 2.28 bits per heavy atom. The van der Waals surface area contributed by atoms with E-state index in [2.05, 4.69) is 15.6 Å². The standard InChI is InChI=1S/C13H15N3O.ClH/c1-14-5-8-6-16-13(17)9-3-2-4-11-12(9)10(8)7-15-11;/h2-4,7-8,14-15H,5-6H2,1H3,(H,16,17);1H. The number of aromatic nitrogens is 1. The second-order valence-electron chi connectivity index (χ2n) is 4.44. The van der Waals surface area contributed by atoms with Crippen LogP contribution >= 0.6 is 12.4 Å². The SMILES string of the molecule is CNCC1CNC(=O)c2cccc3[nH]cc1c23.Cl. The summed E-state index contributed by atoms with van der Waals surface area (Å²) in [4.78, 5) is 15.2. The first-order valence-electron chi connectivity index (χ1n) is 5.84. The van der Waals surface area contributed by atoms with Crippen molar-refractivity contribution in [2.24, 2.45) is 0 Å². The number of amides is 1. The van der Waals surface area contributed by atoms with Crippen LogP contribution in [-0.2, 0) is 0 Å². The fourth-order valence-electron chi connectivity index (χ4n) is 2.57. The van der Waals surface area contributed by atoms with Gasteiger partial charge in [0.1, 0.15) is 0 Å². The summed E-state index contributed by atoms with van der Waals surface area (Å²) in [5.74, 6) is 0.344. The lowest BCUT2D eigenvalue weighted by Crippen LogP contribution is -2.30. The maximum absolute atomic E-state index is 12.0. The third-order valence-corrected chi connectivity index (χ3v) is 3.38. The van der Waals surface area contributed by atoms with Crippen molar-refractivity contribution in [2.75, 3.05) is 20.1 Å². The van der Waals surface area contributed by atoms with Crippen LogP contribution in [0.3, 0.4) is 0 Å². The fraction of sp³-hybridized carbons (Fsp3) is 0.308. The van der Waals surface area contributed by atoms with E-state index in [-0.39, 0.29) is 18.3 Å². The van der Waals surface area contributed by atoms with Crippen LogP contribution in [0, 0.1) is 0 Å². The molecule has 0 radical (unpaired) electrons. The van der Waals surface area contributed by atoms with Gasteiger partial charge in [0.2, 0.25) is 0 Å². The van der Waals surface area contributed by atoms with Gasteiger partial charge in [-0.05, 0) is 24.7 Å². The van der Waals surface area contributed by atoms with Gasteiger partial charge < -0.3 is 15.6 Å². The molecule has 18 heavy (non-hydrogen) atoms. The molecule has 0 aliphatic carbocycles. The van der Waals surface area contributed by atoms with Crippen molar-refractivity contribution < 1.29 is 4.79 Å². The Hall–Kier alpha value is -1.52. The van der Waals surface area contributed by atoms with Crippen molar-refractivity contribution in [2.45, 2.75) is 5.92 Å². The average molecular weight is 266 g/mol. The maximum atomic E-state index is 12.0. The molecule has 96 valence electrons. The number of H-pyrrole nitrogens is 1. The van der Waals surface area contributed by atoms with Gasteiger partial charge in [-0.25, -0.2) is 0 Å². The first-order chi connectivity index (χ1) is 8.31. The van der Waals surface area contributed by atoms with Crippen molar-refractivity contribution in [3.63, 3.8) is 0 Å². The number of halogens is 1. The van der Waals surface area contributed by atoms with Gasteiger partial charge in [0.15, 0.2) is 0 Å². The molecule has 0 fully saturated rings. The van der Waals surface area contributed by atoms with Crippen LogP contribution < -0.4 is 10.6 Å². The Bertz CT molecular complexity index is 579. The number of aromatic amines is 1. The molecule has 3 N–H and O–H groups in total. The summed E-state index contributed by atoms with van der Waals surface area (Å²) in [6.07, 6.45) is 2.02. The molecule has 0 saturated heterocycles. The third-order valence-electron chi connectivity index (χ3n) is 3.38. The van der Waals surface area contributed by atoms with Gasteiger partial charge in [0.25, 0.3) is 5.91 Å². The monoisotopic (exact) mass is 265 g/mol. The topological polar surface area (TPSA) is 56.9 Å². The van der Waals surface area contributed by atoms with Crippen LogP contribution in [0.15, 0.2) is 24.4 Å². The number of carbonyl (C=O) groups is 1. The number of rotatable bonds is 2. The highest BCUT2D eigenvalue weighted by molar-refractivity contribution is 6.08. The van der Waals surface area contributed by atoms with Crippen LogP contribution in [0.1, 0.15) is 21.8 Å². The van der Waals surface area contributed by atoms with E-state index in [0.717, 1.165) is 23.0 Å². The molecule has 0 saturated carbocycles. The molecule has 1 amide bonds. The van der Waals surface area contributed by atoms with Gasteiger partial charge in [0, 0.05) is 41.7 Å². The van der Waals surface area contributed by atoms with Crippen LogP contribution in [0.4, 0.5) is 0 Å². The van der Waals surface area contributed by atoms with Crippen molar-refractivity contribution in [3.05, 3.63) is 35.5 Å². The average Bonchev–Trinajstić information content (AvgIpc) is 2.72. The minimum absolute atomic E-state index is 0. The minimum Gasteiger partial charge on any atom is -0.361 e. The third kappa shape index (κ3) is 1.87. The molecule has 0 spiro atoms.